The van der Waals surface area contributed by atoms with Gasteiger partial charge in [-0.2, -0.15) is 0 Å². The molecule has 2 aromatic heterocycles. The van der Waals surface area contributed by atoms with E-state index in [0.29, 0.717) is 0 Å². The molecule has 0 aliphatic rings. The quantitative estimate of drug-likeness (QED) is 0.103. The maximum atomic E-state index is 4.94. The Hall–Kier alpha value is -6.29. The van der Waals surface area contributed by atoms with Gasteiger partial charge in [-0.15, -0.1) is 0 Å². The molecule has 0 unspecified atom stereocenters. The zero-order valence-electron chi connectivity index (χ0n) is 27.4. The van der Waals surface area contributed by atoms with Gasteiger partial charge in [0, 0.05) is 22.7 Å². The summed E-state index contributed by atoms with van der Waals surface area (Å²) in [7, 11) is -2.98. The molecule has 2 heterocycles. The van der Waals surface area contributed by atoms with E-state index in [2.05, 4.69) is 187 Å². The lowest BCUT2D eigenvalue weighted by Crippen LogP contribution is -2.75. The molecule has 0 amide bonds. The third-order valence-electron chi connectivity index (χ3n) is 10.6. The van der Waals surface area contributed by atoms with Crippen LogP contribution in [-0.2, 0) is 0 Å². The smallest absolute Gasteiger partial charge is 0.180 e. The first-order chi connectivity index (χ1) is 24.8. The fourth-order valence-electron chi connectivity index (χ4n) is 8.55. The summed E-state index contributed by atoms with van der Waals surface area (Å²) in [6.45, 7) is 0. The van der Waals surface area contributed by atoms with E-state index < -0.39 is 8.07 Å². The van der Waals surface area contributed by atoms with Gasteiger partial charge in [0.2, 0.25) is 0 Å². The van der Waals surface area contributed by atoms with Crippen LogP contribution >= 0.6 is 0 Å². The largest absolute Gasteiger partial charge is 0.294 e. The monoisotopic (exact) mass is 652 g/mol. The molecule has 0 spiro atoms. The second kappa shape index (κ2) is 11.4. The Morgan fingerprint density at radius 3 is 1.56 bits per heavy atom. The van der Waals surface area contributed by atoms with Gasteiger partial charge in [0.25, 0.3) is 0 Å². The highest BCUT2D eigenvalue weighted by Gasteiger charge is 2.43. The highest BCUT2D eigenvalue weighted by Crippen LogP contribution is 2.35. The summed E-state index contributed by atoms with van der Waals surface area (Å²) < 4.78 is 2.34. The van der Waals surface area contributed by atoms with Gasteiger partial charge in [-0.05, 0) is 83.4 Å². The number of rotatable bonds is 5. The van der Waals surface area contributed by atoms with Crippen LogP contribution in [0.1, 0.15) is 0 Å². The van der Waals surface area contributed by atoms with Gasteiger partial charge in [-0.1, -0.05) is 158 Å². The highest BCUT2D eigenvalue weighted by molar-refractivity contribution is 7.20. The molecule has 0 radical (unpaired) electrons. The topological polar surface area (TPSA) is 17.8 Å². The molecule has 0 bridgehead atoms. The third-order valence-corrected chi connectivity index (χ3v) is 15.4. The second-order valence-electron chi connectivity index (χ2n) is 13.1. The first kappa shape index (κ1) is 28.7. The van der Waals surface area contributed by atoms with Crippen molar-refractivity contribution in [3.8, 4) is 5.69 Å². The van der Waals surface area contributed by atoms with Crippen LogP contribution in [-0.4, -0.2) is 17.6 Å². The van der Waals surface area contributed by atoms with Crippen molar-refractivity contribution < 1.29 is 0 Å². The molecule has 8 aromatic carbocycles. The summed E-state index contributed by atoms with van der Waals surface area (Å²) in [6.07, 6.45) is 1.90. The fourth-order valence-corrected chi connectivity index (χ4v) is 13.6. The van der Waals surface area contributed by atoms with Crippen LogP contribution < -0.4 is 20.7 Å². The minimum Gasteiger partial charge on any atom is -0.294 e. The summed E-state index contributed by atoms with van der Waals surface area (Å²) >= 11 is 0. The van der Waals surface area contributed by atoms with Gasteiger partial charge in [-0.25, -0.2) is 4.98 Å². The van der Waals surface area contributed by atoms with E-state index in [-0.39, 0.29) is 0 Å². The van der Waals surface area contributed by atoms with E-state index in [1.54, 1.807) is 0 Å². The Morgan fingerprint density at radius 1 is 0.380 bits per heavy atom. The average molecular weight is 653 g/mol. The summed E-state index contributed by atoms with van der Waals surface area (Å²) in [5.74, 6) is 0. The number of nitrogens with zero attached hydrogens (tertiary/aromatic N) is 2. The van der Waals surface area contributed by atoms with Gasteiger partial charge >= 0.3 is 0 Å². The van der Waals surface area contributed by atoms with Crippen molar-refractivity contribution in [2.45, 2.75) is 0 Å². The Bertz CT molecular complexity index is 2740. The van der Waals surface area contributed by atoms with Crippen molar-refractivity contribution in [1.82, 2.24) is 9.55 Å². The average Bonchev–Trinajstić information content (AvgIpc) is 3.54. The number of aromatic nitrogens is 2. The van der Waals surface area contributed by atoms with Gasteiger partial charge in [0.15, 0.2) is 8.07 Å². The molecule has 0 fully saturated rings. The van der Waals surface area contributed by atoms with Crippen LogP contribution in [0.4, 0.5) is 0 Å². The molecule has 0 aliphatic carbocycles. The molecule has 0 saturated carbocycles. The van der Waals surface area contributed by atoms with Crippen LogP contribution in [0.5, 0.6) is 0 Å². The lowest BCUT2D eigenvalue weighted by Gasteiger charge is -2.36. The van der Waals surface area contributed by atoms with E-state index in [4.69, 9.17) is 4.98 Å². The molecule has 234 valence electrons. The summed E-state index contributed by atoms with van der Waals surface area (Å²) in [4.78, 5) is 4.94. The van der Waals surface area contributed by atoms with E-state index in [1.165, 1.54) is 58.5 Å². The van der Waals surface area contributed by atoms with Crippen LogP contribution in [0, 0.1) is 0 Å². The summed E-state index contributed by atoms with van der Waals surface area (Å²) in [5.41, 5.74) is 3.25. The van der Waals surface area contributed by atoms with Crippen LogP contribution in [0.2, 0.25) is 0 Å². The van der Waals surface area contributed by atoms with Crippen molar-refractivity contribution in [3.63, 3.8) is 0 Å². The first-order valence-electron chi connectivity index (χ1n) is 17.2. The Balaban J connectivity index is 1.39. The van der Waals surface area contributed by atoms with Crippen molar-refractivity contribution in [2.75, 3.05) is 0 Å². The summed E-state index contributed by atoms with van der Waals surface area (Å²) in [6, 6.07) is 69.6. The molecular weight excluding hydrogens is 621 g/mol. The molecule has 10 rings (SSSR count). The fraction of sp³-hybridized carbons (Fsp3) is 0. The maximum Gasteiger partial charge on any atom is 0.180 e. The minimum absolute atomic E-state index is 0.972. The molecule has 10 aromatic rings. The third kappa shape index (κ3) is 4.11. The molecule has 50 heavy (non-hydrogen) atoms. The Labute approximate surface area is 291 Å². The second-order valence-corrected chi connectivity index (χ2v) is 16.8. The van der Waals surface area contributed by atoms with E-state index in [0.717, 1.165) is 22.2 Å². The predicted molar refractivity (Wildman–Crippen MR) is 215 cm³/mol. The van der Waals surface area contributed by atoms with E-state index in [1.807, 2.05) is 12.3 Å². The maximum absolute atomic E-state index is 4.94. The number of benzene rings is 8. The van der Waals surface area contributed by atoms with Crippen molar-refractivity contribution in [1.29, 1.82) is 0 Å². The molecule has 0 N–H and O–H groups in total. The number of para-hydroxylation sites is 1. The molecular formula is C47H32N2Si. The lowest BCUT2D eigenvalue weighted by atomic mass is 9.94. The summed E-state index contributed by atoms with van der Waals surface area (Å²) in [5, 5.41) is 15.6. The first-order valence-corrected chi connectivity index (χ1v) is 19.2. The van der Waals surface area contributed by atoms with Crippen LogP contribution in [0.25, 0.3) is 59.9 Å². The Kier molecular flexibility index (Phi) is 6.55. The highest BCUT2D eigenvalue weighted by atomic mass is 28.3. The van der Waals surface area contributed by atoms with Crippen molar-refractivity contribution >= 4 is 83.1 Å². The van der Waals surface area contributed by atoms with Gasteiger partial charge in [0.1, 0.15) is 5.65 Å². The van der Waals surface area contributed by atoms with Crippen molar-refractivity contribution in [3.05, 3.63) is 194 Å². The zero-order chi connectivity index (χ0) is 33.1. The predicted octanol–water partition coefficient (Wildman–Crippen LogP) is 9.02. The normalized spacial score (nSPS) is 12.0. The van der Waals surface area contributed by atoms with E-state index >= 15 is 0 Å². The number of hydrogen-bond donors (Lipinski definition) is 0. The van der Waals surface area contributed by atoms with Crippen molar-refractivity contribution in [2.24, 2.45) is 0 Å². The number of pyridine rings is 1. The lowest BCUT2D eigenvalue weighted by molar-refractivity contribution is 1.14. The van der Waals surface area contributed by atoms with E-state index in [9.17, 15) is 0 Å². The molecule has 3 heteroatoms. The van der Waals surface area contributed by atoms with Crippen LogP contribution in [0.3, 0.4) is 0 Å². The standard InChI is InChI=1S/C47H32N2Si/c1-3-17-34(18-4-1)50(35-19-5-2-6-20-35,45-30-14-27-42-39-23-8-7-22-37(39)38-24-9-10-26-41(38)46(42)45)36-21-13-16-33(32-36)49-44-29-12-11-25-40(44)43-28-15-31-48-47(43)49/h1-32H. The zero-order valence-corrected chi connectivity index (χ0v) is 28.4. The van der Waals surface area contributed by atoms with Gasteiger partial charge in [0.05, 0.1) is 5.52 Å². The van der Waals surface area contributed by atoms with Gasteiger partial charge in [-0.3, -0.25) is 4.57 Å². The molecule has 2 nitrogen and oxygen atoms in total. The van der Waals surface area contributed by atoms with Gasteiger partial charge < -0.3 is 0 Å². The SMILES string of the molecule is c1ccc([Si](c2ccccc2)(c2cccc(-n3c4ccccc4c4cccnc43)c2)c2cccc3c4ccccc4c4ccccc4c23)cc1. The number of fused-ring (bicyclic) bond motifs is 9. The minimum atomic E-state index is -2.98. The molecule has 0 saturated heterocycles. The molecule has 0 aliphatic heterocycles. The number of hydrogen-bond acceptors (Lipinski definition) is 1. The Morgan fingerprint density at radius 2 is 0.880 bits per heavy atom. The van der Waals surface area contributed by atoms with Crippen LogP contribution in [0.15, 0.2) is 194 Å². The molecule has 0 atom stereocenters.